The summed E-state index contributed by atoms with van der Waals surface area (Å²) in [6.07, 6.45) is 0.435. The third-order valence-corrected chi connectivity index (χ3v) is 6.50. The number of nitrogens with zero attached hydrogens (tertiary/aromatic N) is 2. The summed E-state index contributed by atoms with van der Waals surface area (Å²) in [4.78, 5) is 4.29. The number of aliphatic hydroxyl groups excluding tert-OH is 1. The average molecular weight is 423 g/mol. The molecule has 1 fully saturated rings. The standard InChI is InChI=1S/C19H25N3O6S/c1-26-14-3-5-18(27-2)16(11-14)17(23)13-21-19-6-4-15(12-20-19)29(24,25)22-7-9-28-10-8-22/h3-6,11-12,17,23H,7-10,13H2,1-2H3,(H,20,21). The van der Waals surface area contributed by atoms with Gasteiger partial charge in [-0.15, -0.1) is 0 Å². The van der Waals surface area contributed by atoms with Crippen molar-refractivity contribution in [2.75, 3.05) is 52.4 Å². The summed E-state index contributed by atoms with van der Waals surface area (Å²) >= 11 is 0. The Kier molecular flexibility index (Phi) is 6.91. The second-order valence-electron chi connectivity index (χ2n) is 6.40. The van der Waals surface area contributed by atoms with E-state index in [4.69, 9.17) is 14.2 Å². The van der Waals surface area contributed by atoms with Crippen molar-refractivity contribution in [2.24, 2.45) is 0 Å². The summed E-state index contributed by atoms with van der Waals surface area (Å²) in [5.74, 6) is 1.60. The number of anilines is 1. The highest BCUT2D eigenvalue weighted by molar-refractivity contribution is 7.89. The van der Waals surface area contributed by atoms with Crippen molar-refractivity contribution >= 4 is 15.8 Å². The molecule has 0 saturated carbocycles. The Morgan fingerprint density at radius 2 is 1.97 bits per heavy atom. The molecule has 0 aliphatic carbocycles. The number of aliphatic hydroxyl groups is 1. The lowest BCUT2D eigenvalue weighted by atomic mass is 10.1. The summed E-state index contributed by atoms with van der Waals surface area (Å²) in [5.41, 5.74) is 0.575. The molecule has 0 bridgehead atoms. The number of pyridine rings is 1. The normalized spacial score (nSPS) is 16.2. The highest BCUT2D eigenvalue weighted by atomic mass is 32.2. The maximum atomic E-state index is 12.6. The maximum absolute atomic E-state index is 12.6. The first-order valence-corrected chi connectivity index (χ1v) is 10.6. The summed E-state index contributed by atoms with van der Waals surface area (Å²) in [6.45, 7) is 1.59. The van der Waals surface area contributed by atoms with Crippen molar-refractivity contribution < 1.29 is 27.7 Å². The molecule has 2 aromatic rings. The van der Waals surface area contributed by atoms with E-state index in [-0.39, 0.29) is 11.4 Å². The van der Waals surface area contributed by atoms with Crippen LogP contribution in [0.25, 0.3) is 0 Å². The van der Waals surface area contributed by atoms with Crippen LogP contribution in [0.2, 0.25) is 0 Å². The minimum Gasteiger partial charge on any atom is -0.497 e. The van der Waals surface area contributed by atoms with E-state index in [0.717, 1.165) is 0 Å². The molecular formula is C19H25N3O6S. The predicted molar refractivity (Wildman–Crippen MR) is 107 cm³/mol. The van der Waals surface area contributed by atoms with Crippen LogP contribution in [0.4, 0.5) is 5.82 Å². The highest BCUT2D eigenvalue weighted by Crippen LogP contribution is 2.29. The van der Waals surface area contributed by atoms with Gasteiger partial charge >= 0.3 is 0 Å². The summed E-state index contributed by atoms with van der Waals surface area (Å²) in [7, 11) is -0.510. The van der Waals surface area contributed by atoms with Gasteiger partial charge in [0.05, 0.1) is 33.5 Å². The summed E-state index contributed by atoms with van der Waals surface area (Å²) in [6, 6.07) is 8.25. The molecule has 1 aromatic carbocycles. The summed E-state index contributed by atoms with van der Waals surface area (Å²) < 4.78 is 42.3. The number of ether oxygens (including phenoxy) is 3. The number of benzene rings is 1. The molecule has 0 spiro atoms. The van der Waals surface area contributed by atoms with E-state index in [1.165, 1.54) is 23.7 Å². The van der Waals surface area contributed by atoms with Crippen LogP contribution in [0, 0.1) is 0 Å². The minimum absolute atomic E-state index is 0.125. The van der Waals surface area contributed by atoms with E-state index in [1.807, 2.05) is 0 Å². The molecule has 1 aliphatic rings. The van der Waals surface area contributed by atoms with Gasteiger partial charge in [0.25, 0.3) is 0 Å². The molecule has 1 aliphatic heterocycles. The number of methoxy groups -OCH3 is 2. The Morgan fingerprint density at radius 1 is 1.21 bits per heavy atom. The molecule has 0 radical (unpaired) electrons. The Hall–Kier alpha value is -2.40. The highest BCUT2D eigenvalue weighted by Gasteiger charge is 2.26. The SMILES string of the molecule is COc1ccc(OC)c(C(O)CNc2ccc(S(=O)(=O)N3CCOCC3)cn2)c1. The van der Waals surface area contributed by atoms with Gasteiger partial charge in [0, 0.05) is 31.4 Å². The van der Waals surface area contributed by atoms with Gasteiger partial charge in [0.15, 0.2) is 0 Å². The van der Waals surface area contributed by atoms with Crippen molar-refractivity contribution in [1.29, 1.82) is 0 Å². The van der Waals surface area contributed by atoms with Gasteiger partial charge in [-0.2, -0.15) is 4.31 Å². The van der Waals surface area contributed by atoms with Crippen LogP contribution in [-0.2, 0) is 14.8 Å². The van der Waals surface area contributed by atoms with Crippen molar-refractivity contribution in [3.63, 3.8) is 0 Å². The first kappa shape index (κ1) is 21.3. The zero-order chi connectivity index (χ0) is 20.9. The fourth-order valence-electron chi connectivity index (χ4n) is 2.98. The molecule has 158 valence electrons. The molecule has 10 heteroatoms. The lowest BCUT2D eigenvalue weighted by Crippen LogP contribution is -2.40. The van der Waals surface area contributed by atoms with Crippen LogP contribution in [0.15, 0.2) is 41.4 Å². The van der Waals surface area contributed by atoms with E-state index in [2.05, 4.69) is 10.3 Å². The van der Waals surface area contributed by atoms with E-state index in [0.29, 0.717) is 49.2 Å². The van der Waals surface area contributed by atoms with Gasteiger partial charge in [0.2, 0.25) is 10.0 Å². The van der Waals surface area contributed by atoms with Gasteiger partial charge in [-0.3, -0.25) is 0 Å². The molecule has 1 atom stereocenters. The molecular weight excluding hydrogens is 398 g/mol. The molecule has 3 rings (SSSR count). The van der Waals surface area contributed by atoms with E-state index in [1.54, 1.807) is 31.4 Å². The largest absolute Gasteiger partial charge is 0.497 e. The van der Waals surface area contributed by atoms with Gasteiger partial charge in [0.1, 0.15) is 22.2 Å². The number of hydrogen-bond acceptors (Lipinski definition) is 8. The maximum Gasteiger partial charge on any atom is 0.244 e. The zero-order valence-electron chi connectivity index (χ0n) is 16.4. The monoisotopic (exact) mass is 423 g/mol. The Morgan fingerprint density at radius 3 is 2.59 bits per heavy atom. The molecule has 2 heterocycles. The minimum atomic E-state index is -3.59. The number of nitrogens with one attached hydrogen (secondary N) is 1. The van der Waals surface area contributed by atoms with Gasteiger partial charge in [-0.05, 0) is 30.3 Å². The quantitative estimate of drug-likeness (QED) is 0.653. The van der Waals surface area contributed by atoms with Crippen molar-refractivity contribution in [3.8, 4) is 11.5 Å². The van der Waals surface area contributed by atoms with Crippen LogP contribution < -0.4 is 14.8 Å². The van der Waals surface area contributed by atoms with Crippen molar-refractivity contribution in [3.05, 3.63) is 42.1 Å². The second-order valence-corrected chi connectivity index (χ2v) is 8.34. The predicted octanol–water partition coefficient (Wildman–Crippen LogP) is 1.27. The molecule has 2 N–H and O–H groups in total. The average Bonchev–Trinajstić information content (AvgIpc) is 2.77. The van der Waals surface area contributed by atoms with Crippen LogP contribution in [0.3, 0.4) is 0 Å². The van der Waals surface area contributed by atoms with Gasteiger partial charge in [-0.1, -0.05) is 0 Å². The van der Waals surface area contributed by atoms with Gasteiger partial charge < -0.3 is 24.6 Å². The number of rotatable bonds is 8. The number of aromatic nitrogens is 1. The first-order valence-electron chi connectivity index (χ1n) is 9.13. The van der Waals surface area contributed by atoms with Crippen LogP contribution >= 0.6 is 0 Å². The molecule has 1 aromatic heterocycles. The van der Waals surface area contributed by atoms with Crippen LogP contribution in [0.1, 0.15) is 11.7 Å². The topological polar surface area (TPSA) is 110 Å². The smallest absolute Gasteiger partial charge is 0.244 e. The van der Waals surface area contributed by atoms with E-state index < -0.39 is 16.1 Å². The van der Waals surface area contributed by atoms with Crippen molar-refractivity contribution in [1.82, 2.24) is 9.29 Å². The third-order valence-electron chi connectivity index (χ3n) is 4.62. The van der Waals surface area contributed by atoms with Gasteiger partial charge in [-0.25, -0.2) is 13.4 Å². The summed E-state index contributed by atoms with van der Waals surface area (Å²) in [5, 5.41) is 13.5. The number of sulfonamides is 1. The molecule has 1 unspecified atom stereocenters. The Labute approximate surface area is 170 Å². The van der Waals surface area contributed by atoms with E-state index in [9.17, 15) is 13.5 Å². The molecule has 0 amide bonds. The fraction of sp³-hybridized carbons (Fsp3) is 0.421. The number of morpholine rings is 1. The third kappa shape index (κ3) is 4.96. The molecule has 1 saturated heterocycles. The fourth-order valence-corrected chi connectivity index (χ4v) is 4.34. The van der Waals surface area contributed by atoms with Crippen LogP contribution in [-0.4, -0.2) is 69.9 Å². The number of hydrogen-bond donors (Lipinski definition) is 2. The Bertz CT molecular complexity index is 914. The van der Waals surface area contributed by atoms with E-state index >= 15 is 0 Å². The van der Waals surface area contributed by atoms with Crippen molar-refractivity contribution in [2.45, 2.75) is 11.0 Å². The second kappa shape index (κ2) is 9.40. The zero-order valence-corrected chi connectivity index (χ0v) is 17.2. The Balaban J connectivity index is 1.66. The molecule has 9 nitrogen and oxygen atoms in total. The lowest BCUT2D eigenvalue weighted by molar-refractivity contribution is 0.0730. The van der Waals surface area contributed by atoms with Crippen LogP contribution in [0.5, 0.6) is 11.5 Å². The first-order chi connectivity index (χ1) is 14.0. The lowest BCUT2D eigenvalue weighted by Gasteiger charge is -2.25. The molecule has 29 heavy (non-hydrogen) atoms.